The molecule has 65 valence electrons. The van der Waals surface area contributed by atoms with Crippen LogP contribution in [0.4, 0.5) is 0 Å². The van der Waals surface area contributed by atoms with Gasteiger partial charge in [-0.25, -0.2) is 4.98 Å². The second-order valence-electron chi connectivity index (χ2n) is 2.72. The van der Waals surface area contributed by atoms with Crippen molar-refractivity contribution in [1.29, 1.82) is 0 Å². The van der Waals surface area contributed by atoms with Gasteiger partial charge >= 0.3 is 0 Å². The Hall–Kier alpha value is -0.890. The van der Waals surface area contributed by atoms with E-state index in [0.29, 0.717) is 0 Å². The van der Waals surface area contributed by atoms with Crippen molar-refractivity contribution < 1.29 is 0 Å². The highest BCUT2D eigenvalue weighted by Crippen LogP contribution is 1.99. The van der Waals surface area contributed by atoms with E-state index >= 15 is 0 Å². The minimum absolute atomic E-state index is 0.935. The topological polar surface area (TPSA) is 16.1 Å². The summed E-state index contributed by atoms with van der Waals surface area (Å²) in [5.74, 6) is 0. The van der Waals surface area contributed by atoms with E-state index in [2.05, 4.69) is 29.9 Å². The second-order valence-corrected chi connectivity index (χ2v) is 2.72. The van der Waals surface area contributed by atoms with Gasteiger partial charge in [0.05, 0.1) is 11.9 Å². The Labute approximate surface area is 74.2 Å². The summed E-state index contributed by atoms with van der Waals surface area (Å²) in [6.07, 6.45) is 2.84. The maximum atomic E-state index is 4.15. The summed E-state index contributed by atoms with van der Waals surface area (Å²) in [5.41, 5.74) is 1.10. The van der Waals surface area contributed by atoms with Crippen molar-refractivity contribution in [3.05, 3.63) is 30.1 Å². The summed E-state index contributed by atoms with van der Waals surface area (Å²) in [6.45, 7) is 7.41. The van der Waals surface area contributed by atoms with Crippen LogP contribution >= 0.6 is 0 Å². The minimum Gasteiger partial charge on any atom is -0.298 e. The van der Waals surface area contributed by atoms with Gasteiger partial charge in [-0.2, -0.15) is 0 Å². The number of nitrogens with zero attached hydrogens (tertiary/aromatic N) is 2. The first kappa shape index (κ1) is 9.20. The van der Waals surface area contributed by atoms with Crippen molar-refractivity contribution >= 4 is 0 Å². The molecule has 1 heterocycles. The van der Waals surface area contributed by atoms with E-state index in [1.807, 2.05) is 18.2 Å². The fourth-order valence-corrected chi connectivity index (χ4v) is 1.12. The van der Waals surface area contributed by atoms with E-state index in [1.54, 1.807) is 0 Å². The first-order valence-corrected chi connectivity index (χ1v) is 4.41. The number of hydrogen-bond acceptors (Lipinski definition) is 2. The van der Waals surface area contributed by atoms with Gasteiger partial charge in [0.1, 0.15) is 0 Å². The van der Waals surface area contributed by atoms with Crippen molar-refractivity contribution in [3.63, 3.8) is 0 Å². The summed E-state index contributed by atoms with van der Waals surface area (Å²) < 4.78 is 0. The molecule has 0 aliphatic heterocycles. The zero-order valence-electron chi connectivity index (χ0n) is 7.75. The van der Waals surface area contributed by atoms with Crippen LogP contribution in [-0.4, -0.2) is 23.0 Å². The summed E-state index contributed by atoms with van der Waals surface area (Å²) >= 11 is 0. The molecule has 12 heavy (non-hydrogen) atoms. The Bertz CT molecular complexity index is 204. The van der Waals surface area contributed by atoms with E-state index < -0.39 is 0 Å². The fourth-order valence-electron chi connectivity index (χ4n) is 1.12. The smallest absolute Gasteiger partial charge is 0.0890 e. The van der Waals surface area contributed by atoms with E-state index in [9.17, 15) is 0 Å². The molecule has 0 N–H and O–H groups in total. The van der Waals surface area contributed by atoms with Gasteiger partial charge in [-0.05, 0) is 25.2 Å². The molecular formula is C10H15N2. The molecule has 2 nitrogen and oxygen atoms in total. The standard InChI is InChI=1S/C10H15N2/c1-3-12(4-2)9-10-7-5-6-8-11-10/h5-7H,3-4,9H2,1-2H3. The Kier molecular flexibility index (Phi) is 3.74. The lowest BCUT2D eigenvalue weighted by molar-refractivity contribution is 0.292. The number of pyridine rings is 1. The lowest BCUT2D eigenvalue weighted by Crippen LogP contribution is -2.22. The third kappa shape index (κ3) is 2.62. The molecule has 0 bridgehead atoms. The Morgan fingerprint density at radius 1 is 1.42 bits per heavy atom. The van der Waals surface area contributed by atoms with Crippen molar-refractivity contribution in [2.24, 2.45) is 0 Å². The SMILES string of the molecule is CCN(CC)Cc1ccc[c]n1. The summed E-state index contributed by atoms with van der Waals surface area (Å²) in [7, 11) is 0. The first-order chi connectivity index (χ1) is 5.86. The fraction of sp³-hybridized carbons (Fsp3) is 0.500. The molecule has 1 aromatic heterocycles. The highest BCUT2D eigenvalue weighted by atomic mass is 15.1. The van der Waals surface area contributed by atoms with Crippen LogP contribution in [0, 0.1) is 6.20 Å². The molecule has 0 atom stereocenters. The minimum atomic E-state index is 0.935. The molecule has 0 aromatic carbocycles. The normalized spacial score (nSPS) is 10.6. The maximum absolute atomic E-state index is 4.15. The zero-order chi connectivity index (χ0) is 8.81. The van der Waals surface area contributed by atoms with E-state index in [-0.39, 0.29) is 0 Å². The van der Waals surface area contributed by atoms with Gasteiger partial charge in [0.25, 0.3) is 0 Å². The summed E-state index contributed by atoms with van der Waals surface area (Å²) in [6, 6.07) is 5.84. The number of hydrogen-bond donors (Lipinski definition) is 0. The van der Waals surface area contributed by atoms with Crippen LogP contribution in [0.25, 0.3) is 0 Å². The van der Waals surface area contributed by atoms with Crippen LogP contribution in [0.3, 0.4) is 0 Å². The Morgan fingerprint density at radius 2 is 2.17 bits per heavy atom. The highest BCUT2D eigenvalue weighted by Gasteiger charge is 1.99. The largest absolute Gasteiger partial charge is 0.298 e. The van der Waals surface area contributed by atoms with E-state index in [4.69, 9.17) is 0 Å². The molecule has 0 unspecified atom stereocenters. The molecular weight excluding hydrogens is 148 g/mol. The quantitative estimate of drug-likeness (QED) is 0.672. The molecule has 0 aliphatic carbocycles. The maximum Gasteiger partial charge on any atom is 0.0890 e. The molecule has 0 fully saturated rings. The predicted octanol–water partition coefficient (Wildman–Crippen LogP) is 1.72. The van der Waals surface area contributed by atoms with Gasteiger partial charge in [0, 0.05) is 6.54 Å². The molecule has 1 aromatic rings. The molecule has 2 heteroatoms. The van der Waals surface area contributed by atoms with Crippen LogP contribution in [0.5, 0.6) is 0 Å². The molecule has 0 spiro atoms. The van der Waals surface area contributed by atoms with Crippen molar-refractivity contribution in [3.8, 4) is 0 Å². The first-order valence-electron chi connectivity index (χ1n) is 4.41. The van der Waals surface area contributed by atoms with Crippen LogP contribution in [0.1, 0.15) is 19.5 Å². The molecule has 0 saturated heterocycles. The molecule has 1 radical (unpaired) electrons. The number of aromatic nitrogens is 1. The number of rotatable bonds is 4. The average Bonchev–Trinajstić information content (AvgIpc) is 2.16. The lowest BCUT2D eigenvalue weighted by atomic mass is 10.3. The van der Waals surface area contributed by atoms with Gasteiger partial charge in [-0.15, -0.1) is 0 Å². The molecule has 0 saturated carbocycles. The van der Waals surface area contributed by atoms with Crippen LogP contribution in [0.2, 0.25) is 0 Å². The Balaban J connectivity index is 2.51. The monoisotopic (exact) mass is 163 g/mol. The van der Waals surface area contributed by atoms with Crippen molar-refractivity contribution in [1.82, 2.24) is 9.88 Å². The summed E-state index contributed by atoms with van der Waals surface area (Å²) in [4.78, 5) is 6.48. The molecule has 0 aliphatic rings. The lowest BCUT2D eigenvalue weighted by Gasteiger charge is -2.16. The van der Waals surface area contributed by atoms with E-state index in [1.165, 1.54) is 0 Å². The van der Waals surface area contributed by atoms with Crippen LogP contribution < -0.4 is 0 Å². The van der Waals surface area contributed by atoms with Gasteiger partial charge in [0.15, 0.2) is 0 Å². The zero-order valence-corrected chi connectivity index (χ0v) is 7.75. The van der Waals surface area contributed by atoms with Crippen LogP contribution in [-0.2, 0) is 6.54 Å². The summed E-state index contributed by atoms with van der Waals surface area (Å²) in [5, 5.41) is 0. The third-order valence-corrected chi connectivity index (χ3v) is 1.95. The highest BCUT2D eigenvalue weighted by molar-refractivity contribution is 5.02. The van der Waals surface area contributed by atoms with Gasteiger partial charge < -0.3 is 0 Å². The van der Waals surface area contributed by atoms with Crippen LogP contribution in [0.15, 0.2) is 18.2 Å². The van der Waals surface area contributed by atoms with Crippen molar-refractivity contribution in [2.75, 3.05) is 13.1 Å². The van der Waals surface area contributed by atoms with E-state index in [0.717, 1.165) is 25.3 Å². The second kappa shape index (κ2) is 4.88. The molecule has 1 rings (SSSR count). The van der Waals surface area contributed by atoms with Gasteiger partial charge in [-0.1, -0.05) is 19.9 Å². The van der Waals surface area contributed by atoms with Gasteiger partial charge in [-0.3, -0.25) is 4.90 Å². The molecule has 0 amide bonds. The van der Waals surface area contributed by atoms with Gasteiger partial charge in [0.2, 0.25) is 0 Å². The van der Waals surface area contributed by atoms with Crippen molar-refractivity contribution in [2.45, 2.75) is 20.4 Å². The third-order valence-electron chi connectivity index (χ3n) is 1.95. The predicted molar refractivity (Wildman–Crippen MR) is 49.7 cm³/mol. The Morgan fingerprint density at radius 3 is 2.67 bits per heavy atom. The average molecular weight is 163 g/mol.